The monoisotopic (exact) mass is 342 g/mol. The van der Waals surface area contributed by atoms with Crippen LogP contribution < -0.4 is 10.6 Å². The Morgan fingerprint density at radius 1 is 1.16 bits per heavy atom. The number of ether oxygens (including phenoxy) is 1. The van der Waals surface area contributed by atoms with Gasteiger partial charge in [-0.25, -0.2) is 4.39 Å². The van der Waals surface area contributed by atoms with Crippen LogP contribution in [0.25, 0.3) is 0 Å². The van der Waals surface area contributed by atoms with E-state index in [9.17, 15) is 14.0 Å². The van der Waals surface area contributed by atoms with Gasteiger partial charge in [0.15, 0.2) is 0 Å². The van der Waals surface area contributed by atoms with Crippen LogP contribution in [0.5, 0.6) is 0 Å². The summed E-state index contributed by atoms with van der Waals surface area (Å²) in [5, 5.41) is 5.28. The van der Waals surface area contributed by atoms with Gasteiger partial charge in [-0.2, -0.15) is 0 Å². The van der Waals surface area contributed by atoms with Crippen LogP contribution in [0, 0.1) is 12.7 Å². The number of anilines is 2. The quantitative estimate of drug-likeness (QED) is 0.893. The first-order chi connectivity index (χ1) is 12.0. The summed E-state index contributed by atoms with van der Waals surface area (Å²) in [5.41, 5.74) is 1.71. The van der Waals surface area contributed by atoms with Crippen molar-refractivity contribution in [1.82, 2.24) is 0 Å². The van der Waals surface area contributed by atoms with Crippen molar-refractivity contribution >= 4 is 23.2 Å². The summed E-state index contributed by atoms with van der Waals surface area (Å²) >= 11 is 0. The first-order valence-corrected chi connectivity index (χ1v) is 8.13. The molecule has 0 radical (unpaired) electrons. The lowest BCUT2D eigenvalue weighted by atomic mass is 10.1. The van der Waals surface area contributed by atoms with Gasteiger partial charge in [0, 0.05) is 17.9 Å². The molecule has 0 aliphatic carbocycles. The van der Waals surface area contributed by atoms with Gasteiger partial charge in [0.1, 0.15) is 11.9 Å². The summed E-state index contributed by atoms with van der Waals surface area (Å²) in [6, 6.07) is 11.1. The minimum atomic E-state index is -0.490. The molecule has 2 aromatic rings. The molecule has 25 heavy (non-hydrogen) atoms. The maximum absolute atomic E-state index is 13.9. The minimum Gasteiger partial charge on any atom is -0.368 e. The lowest BCUT2D eigenvalue weighted by Crippen LogP contribution is -2.27. The zero-order chi connectivity index (χ0) is 17.8. The lowest BCUT2D eigenvalue weighted by molar-refractivity contribution is -0.124. The van der Waals surface area contributed by atoms with Gasteiger partial charge in [-0.3, -0.25) is 9.59 Å². The van der Waals surface area contributed by atoms with Crippen LogP contribution in [0.1, 0.15) is 28.8 Å². The molecule has 6 heteroatoms. The van der Waals surface area contributed by atoms with Crippen molar-refractivity contribution in [2.75, 3.05) is 17.2 Å². The molecule has 0 saturated carbocycles. The van der Waals surface area contributed by atoms with Crippen LogP contribution in [-0.2, 0) is 9.53 Å². The van der Waals surface area contributed by atoms with E-state index in [0.29, 0.717) is 24.3 Å². The van der Waals surface area contributed by atoms with Crippen molar-refractivity contribution in [1.29, 1.82) is 0 Å². The fraction of sp³-hybridized carbons (Fsp3) is 0.263. The lowest BCUT2D eigenvalue weighted by Gasteiger charge is -2.12. The Kier molecular flexibility index (Phi) is 5.09. The molecule has 3 rings (SSSR count). The summed E-state index contributed by atoms with van der Waals surface area (Å²) in [5.74, 6) is -1.16. The molecule has 1 unspecified atom stereocenters. The van der Waals surface area contributed by atoms with Crippen molar-refractivity contribution in [2.24, 2.45) is 0 Å². The molecular weight excluding hydrogens is 323 g/mol. The molecule has 5 nitrogen and oxygen atoms in total. The largest absolute Gasteiger partial charge is 0.368 e. The molecule has 0 bridgehead atoms. The molecule has 1 heterocycles. The zero-order valence-corrected chi connectivity index (χ0v) is 13.8. The van der Waals surface area contributed by atoms with Crippen LogP contribution in [-0.4, -0.2) is 24.5 Å². The Bertz CT molecular complexity index is 801. The number of carbonyl (C=O) groups is 2. The minimum absolute atomic E-state index is 0.115. The highest BCUT2D eigenvalue weighted by Crippen LogP contribution is 2.19. The van der Waals surface area contributed by atoms with Crippen LogP contribution in [0.3, 0.4) is 0 Å². The SMILES string of the molecule is Cc1ccc(NC(=O)c2cccc(NC(=O)C3CCCO3)c2)c(F)c1. The van der Waals surface area contributed by atoms with E-state index in [-0.39, 0.29) is 11.6 Å². The van der Waals surface area contributed by atoms with Crippen molar-refractivity contribution in [2.45, 2.75) is 25.9 Å². The normalized spacial score (nSPS) is 16.5. The Morgan fingerprint density at radius 3 is 2.72 bits per heavy atom. The molecule has 2 amide bonds. The maximum atomic E-state index is 13.9. The molecule has 1 saturated heterocycles. The number of aryl methyl sites for hydroxylation is 1. The van der Waals surface area contributed by atoms with Crippen molar-refractivity contribution in [3.8, 4) is 0 Å². The topological polar surface area (TPSA) is 67.4 Å². The summed E-state index contributed by atoms with van der Waals surface area (Å²) in [4.78, 5) is 24.4. The number of rotatable bonds is 4. The number of hydrogen-bond acceptors (Lipinski definition) is 3. The summed E-state index contributed by atoms with van der Waals surface area (Å²) in [6.45, 7) is 2.36. The van der Waals surface area contributed by atoms with Crippen LogP contribution in [0.15, 0.2) is 42.5 Å². The second-order valence-electron chi connectivity index (χ2n) is 6.01. The molecule has 1 aliphatic rings. The number of amides is 2. The molecule has 0 aromatic heterocycles. The average molecular weight is 342 g/mol. The Morgan fingerprint density at radius 2 is 2.00 bits per heavy atom. The summed E-state index contributed by atoms with van der Waals surface area (Å²) in [7, 11) is 0. The second-order valence-corrected chi connectivity index (χ2v) is 6.01. The Balaban J connectivity index is 1.69. The fourth-order valence-electron chi connectivity index (χ4n) is 2.66. The van der Waals surface area contributed by atoms with Gasteiger partial charge in [0.2, 0.25) is 0 Å². The van der Waals surface area contributed by atoms with Crippen molar-refractivity contribution in [3.05, 3.63) is 59.4 Å². The summed E-state index contributed by atoms with van der Waals surface area (Å²) < 4.78 is 19.2. The molecule has 130 valence electrons. The van der Waals surface area contributed by atoms with Gasteiger partial charge >= 0.3 is 0 Å². The molecule has 0 spiro atoms. The Labute approximate surface area is 145 Å². The van der Waals surface area contributed by atoms with Crippen LogP contribution >= 0.6 is 0 Å². The van der Waals surface area contributed by atoms with Crippen LogP contribution in [0.2, 0.25) is 0 Å². The third-order valence-electron chi connectivity index (χ3n) is 3.99. The predicted molar refractivity (Wildman–Crippen MR) is 93.1 cm³/mol. The van der Waals surface area contributed by atoms with Crippen LogP contribution in [0.4, 0.5) is 15.8 Å². The number of hydrogen-bond donors (Lipinski definition) is 2. The standard InChI is InChI=1S/C19H19FN2O3/c1-12-7-8-16(15(20)10-12)22-18(23)13-4-2-5-14(11-13)21-19(24)17-6-3-9-25-17/h2,4-5,7-8,10-11,17H,3,6,9H2,1H3,(H,21,24)(H,22,23). The van der Waals surface area contributed by atoms with E-state index in [0.717, 1.165) is 12.0 Å². The first-order valence-electron chi connectivity index (χ1n) is 8.13. The number of carbonyl (C=O) groups excluding carboxylic acids is 2. The number of halogens is 1. The highest BCUT2D eigenvalue weighted by Gasteiger charge is 2.23. The van der Waals surface area contributed by atoms with Gasteiger partial charge in [-0.1, -0.05) is 12.1 Å². The van der Waals surface area contributed by atoms with Gasteiger partial charge in [-0.15, -0.1) is 0 Å². The van der Waals surface area contributed by atoms with E-state index >= 15 is 0 Å². The van der Waals surface area contributed by atoms with E-state index in [1.54, 1.807) is 37.3 Å². The smallest absolute Gasteiger partial charge is 0.255 e. The van der Waals surface area contributed by atoms with E-state index in [4.69, 9.17) is 4.74 Å². The fourth-order valence-corrected chi connectivity index (χ4v) is 2.66. The molecule has 1 aliphatic heterocycles. The molecule has 1 fully saturated rings. The number of nitrogens with one attached hydrogen (secondary N) is 2. The Hall–Kier alpha value is -2.73. The zero-order valence-electron chi connectivity index (χ0n) is 13.8. The van der Waals surface area contributed by atoms with E-state index < -0.39 is 17.8 Å². The van der Waals surface area contributed by atoms with E-state index in [1.165, 1.54) is 12.1 Å². The third kappa shape index (κ3) is 4.22. The maximum Gasteiger partial charge on any atom is 0.255 e. The molecule has 2 aromatic carbocycles. The van der Waals surface area contributed by atoms with Crippen molar-refractivity contribution < 1.29 is 18.7 Å². The van der Waals surface area contributed by atoms with Gasteiger partial charge in [-0.05, 0) is 55.7 Å². The molecular formula is C19H19FN2O3. The second kappa shape index (κ2) is 7.44. The molecule has 2 N–H and O–H groups in total. The third-order valence-corrected chi connectivity index (χ3v) is 3.99. The van der Waals surface area contributed by atoms with E-state index in [2.05, 4.69) is 10.6 Å². The van der Waals surface area contributed by atoms with Crippen molar-refractivity contribution in [3.63, 3.8) is 0 Å². The van der Waals surface area contributed by atoms with Gasteiger partial charge in [0.25, 0.3) is 11.8 Å². The van der Waals surface area contributed by atoms with Gasteiger partial charge in [0.05, 0.1) is 5.69 Å². The highest BCUT2D eigenvalue weighted by molar-refractivity contribution is 6.05. The highest BCUT2D eigenvalue weighted by atomic mass is 19.1. The summed E-state index contributed by atoms with van der Waals surface area (Å²) in [6.07, 6.45) is 1.11. The average Bonchev–Trinajstić information content (AvgIpc) is 3.12. The molecule has 1 atom stereocenters. The predicted octanol–water partition coefficient (Wildman–Crippen LogP) is 3.50. The van der Waals surface area contributed by atoms with E-state index in [1.807, 2.05) is 0 Å². The number of benzene rings is 2. The van der Waals surface area contributed by atoms with Gasteiger partial charge < -0.3 is 15.4 Å². The first kappa shape index (κ1) is 17.1.